The topological polar surface area (TPSA) is 0 Å². The molecule has 0 heteroatoms. The van der Waals surface area contributed by atoms with E-state index in [0.29, 0.717) is 0 Å². The van der Waals surface area contributed by atoms with E-state index in [-0.39, 0.29) is 0 Å². The molecule has 2 atom stereocenters. The lowest BCUT2D eigenvalue weighted by molar-refractivity contribution is 0.194. The molecule has 0 bridgehead atoms. The Bertz CT molecular complexity index is 325. The van der Waals surface area contributed by atoms with E-state index in [1.165, 1.54) is 50.5 Å². The molecule has 1 aliphatic carbocycles. The SMILES string of the molecule is CC(C)CC1CCCCC1CCc1ccccc1. The Balaban J connectivity index is 1.85. The summed E-state index contributed by atoms with van der Waals surface area (Å²) in [5.74, 6) is 2.86. The lowest BCUT2D eigenvalue weighted by atomic mass is 9.73. The summed E-state index contributed by atoms with van der Waals surface area (Å²) < 4.78 is 0. The zero-order chi connectivity index (χ0) is 12.8. The summed E-state index contributed by atoms with van der Waals surface area (Å²) in [6.45, 7) is 4.76. The van der Waals surface area contributed by atoms with Gasteiger partial charge in [0, 0.05) is 0 Å². The molecule has 0 nitrogen and oxygen atoms in total. The van der Waals surface area contributed by atoms with Crippen LogP contribution in [0.3, 0.4) is 0 Å². The lowest BCUT2D eigenvalue weighted by Crippen LogP contribution is -2.21. The third kappa shape index (κ3) is 4.15. The van der Waals surface area contributed by atoms with Crippen LogP contribution in [-0.4, -0.2) is 0 Å². The van der Waals surface area contributed by atoms with Crippen molar-refractivity contribution in [1.82, 2.24) is 0 Å². The monoisotopic (exact) mass is 244 g/mol. The molecule has 0 heterocycles. The van der Waals surface area contributed by atoms with Crippen LogP contribution in [0.25, 0.3) is 0 Å². The van der Waals surface area contributed by atoms with Crippen LogP contribution in [0.5, 0.6) is 0 Å². The molecule has 100 valence electrons. The first-order valence-electron chi connectivity index (χ1n) is 7.79. The fourth-order valence-electron chi connectivity index (χ4n) is 3.58. The first-order valence-corrected chi connectivity index (χ1v) is 7.79. The van der Waals surface area contributed by atoms with E-state index in [1.807, 2.05) is 0 Å². The van der Waals surface area contributed by atoms with Crippen LogP contribution in [0.2, 0.25) is 0 Å². The second-order valence-electron chi connectivity index (χ2n) is 6.46. The molecule has 2 unspecified atom stereocenters. The molecule has 1 fully saturated rings. The van der Waals surface area contributed by atoms with Gasteiger partial charge in [-0.25, -0.2) is 0 Å². The van der Waals surface area contributed by atoms with E-state index in [0.717, 1.165) is 17.8 Å². The normalized spacial score (nSPS) is 24.4. The highest BCUT2D eigenvalue weighted by molar-refractivity contribution is 5.14. The summed E-state index contributed by atoms with van der Waals surface area (Å²) in [7, 11) is 0. The minimum absolute atomic E-state index is 0.868. The van der Waals surface area contributed by atoms with Crippen molar-refractivity contribution in [3.05, 3.63) is 35.9 Å². The van der Waals surface area contributed by atoms with Crippen LogP contribution < -0.4 is 0 Å². The number of benzene rings is 1. The highest BCUT2D eigenvalue weighted by atomic mass is 14.3. The standard InChI is InChI=1S/C18H28/c1-15(2)14-18-11-7-6-10-17(18)13-12-16-8-4-3-5-9-16/h3-5,8-9,15,17-18H,6-7,10-14H2,1-2H3. The molecule has 0 aromatic heterocycles. The Morgan fingerprint density at radius 3 is 2.33 bits per heavy atom. The highest BCUT2D eigenvalue weighted by Crippen LogP contribution is 2.36. The van der Waals surface area contributed by atoms with E-state index in [9.17, 15) is 0 Å². The Hall–Kier alpha value is -0.780. The minimum atomic E-state index is 0.868. The summed E-state index contributed by atoms with van der Waals surface area (Å²) in [5, 5.41) is 0. The Labute approximate surface area is 113 Å². The largest absolute Gasteiger partial charge is 0.0628 e. The molecule has 0 amide bonds. The van der Waals surface area contributed by atoms with Gasteiger partial charge in [0.05, 0.1) is 0 Å². The first kappa shape index (κ1) is 13.6. The first-order chi connectivity index (χ1) is 8.75. The van der Waals surface area contributed by atoms with Crippen LogP contribution in [0, 0.1) is 17.8 Å². The second kappa shape index (κ2) is 6.97. The van der Waals surface area contributed by atoms with Gasteiger partial charge in [-0.15, -0.1) is 0 Å². The fourth-order valence-corrected chi connectivity index (χ4v) is 3.58. The van der Waals surface area contributed by atoms with Crippen molar-refractivity contribution in [1.29, 1.82) is 0 Å². The summed E-state index contributed by atoms with van der Waals surface area (Å²) in [5.41, 5.74) is 1.52. The molecule has 18 heavy (non-hydrogen) atoms. The van der Waals surface area contributed by atoms with Crippen molar-refractivity contribution in [2.75, 3.05) is 0 Å². The maximum atomic E-state index is 2.38. The third-order valence-corrected chi connectivity index (χ3v) is 4.49. The van der Waals surface area contributed by atoms with Gasteiger partial charge >= 0.3 is 0 Å². The number of aryl methyl sites for hydroxylation is 1. The van der Waals surface area contributed by atoms with Crippen LogP contribution >= 0.6 is 0 Å². The molecule has 0 radical (unpaired) electrons. The summed E-state index contributed by atoms with van der Waals surface area (Å²) in [6.07, 6.45) is 10.0. The number of hydrogen-bond donors (Lipinski definition) is 0. The van der Waals surface area contributed by atoms with E-state index < -0.39 is 0 Å². The van der Waals surface area contributed by atoms with Gasteiger partial charge in [0.1, 0.15) is 0 Å². The molecule has 1 aromatic rings. The average Bonchev–Trinajstić information content (AvgIpc) is 2.38. The van der Waals surface area contributed by atoms with Crippen LogP contribution in [0.1, 0.15) is 57.9 Å². The van der Waals surface area contributed by atoms with Gasteiger partial charge < -0.3 is 0 Å². The number of hydrogen-bond acceptors (Lipinski definition) is 0. The van der Waals surface area contributed by atoms with Crippen molar-refractivity contribution in [3.8, 4) is 0 Å². The molecule has 0 spiro atoms. The quantitative estimate of drug-likeness (QED) is 0.644. The third-order valence-electron chi connectivity index (χ3n) is 4.49. The van der Waals surface area contributed by atoms with E-state index in [1.54, 1.807) is 0 Å². The van der Waals surface area contributed by atoms with Crippen LogP contribution in [-0.2, 0) is 6.42 Å². The zero-order valence-corrected chi connectivity index (χ0v) is 12.1. The summed E-state index contributed by atoms with van der Waals surface area (Å²) in [6, 6.07) is 11.0. The highest BCUT2D eigenvalue weighted by Gasteiger charge is 2.25. The van der Waals surface area contributed by atoms with Crippen molar-refractivity contribution in [3.63, 3.8) is 0 Å². The molecule has 0 aliphatic heterocycles. The van der Waals surface area contributed by atoms with Crippen molar-refractivity contribution in [2.45, 2.75) is 58.8 Å². The van der Waals surface area contributed by atoms with Gasteiger partial charge in [-0.2, -0.15) is 0 Å². The van der Waals surface area contributed by atoms with Gasteiger partial charge in [-0.3, -0.25) is 0 Å². The molecule has 1 aromatic carbocycles. The van der Waals surface area contributed by atoms with Crippen LogP contribution in [0.4, 0.5) is 0 Å². The van der Waals surface area contributed by atoms with Gasteiger partial charge in [0.2, 0.25) is 0 Å². The minimum Gasteiger partial charge on any atom is -0.0628 e. The maximum absolute atomic E-state index is 2.38. The molecule has 1 aliphatic rings. The molecular weight excluding hydrogens is 216 g/mol. The predicted octanol–water partition coefficient (Wildman–Crippen LogP) is 5.47. The van der Waals surface area contributed by atoms with Crippen LogP contribution in [0.15, 0.2) is 30.3 Å². The predicted molar refractivity (Wildman–Crippen MR) is 79.7 cm³/mol. The van der Waals surface area contributed by atoms with E-state index in [4.69, 9.17) is 0 Å². The summed E-state index contributed by atoms with van der Waals surface area (Å²) >= 11 is 0. The Morgan fingerprint density at radius 2 is 1.67 bits per heavy atom. The lowest BCUT2D eigenvalue weighted by Gasteiger charge is -2.33. The zero-order valence-electron chi connectivity index (χ0n) is 12.1. The maximum Gasteiger partial charge on any atom is -0.0276 e. The average molecular weight is 244 g/mol. The fraction of sp³-hybridized carbons (Fsp3) is 0.667. The van der Waals surface area contributed by atoms with Gasteiger partial charge in [0.25, 0.3) is 0 Å². The molecular formula is C18H28. The molecule has 0 saturated heterocycles. The molecule has 1 saturated carbocycles. The van der Waals surface area contributed by atoms with E-state index >= 15 is 0 Å². The summed E-state index contributed by atoms with van der Waals surface area (Å²) in [4.78, 5) is 0. The van der Waals surface area contributed by atoms with Crippen molar-refractivity contribution < 1.29 is 0 Å². The smallest absolute Gasteiger partial charge is 0.0276 e. The van der Waals surface area contributed by atoms with Crippen molar-refractivity contribution >= 4 is 0 Å². The number of rotatable bonds is 5. The van der Waals surface area contributed by atoms with Gasteiger partial charge in [0.15, 0.2) is 0 Å². The van der Waals surface area contributed by atoms with Gasteiger partial charge in [-0.1, -0.05) is 69.9 Å². The van der Waals surface area contributed by atoms with Gasteiger partial charge in [-0.05, 0) is 42.6 Å². The molecule has 2 rings (SSSR count). The second-order valence-corrected chi connectivity index (χ2v) is 6.46. The van der Waals surface area contributed by atoms with Crippen molar-refractivity contribution in [2.24, 2.45) is 17.8 Å². The van der Waals surface area contributed by atoms with E-state index in [2.05, 4.69) is 44.2 Å². The Kier molecular flexibility index (Phi) is 5.28. The Morgan fingerprint density at radius 1 is 1.00 bits per heavy atom. The molecule has 0 N–H and O–H groups in total.